The van der Waals surface area contributed by atoms with E-state index in [-0.39, 0.29) is 11.7 Å². The van der Waals surface area contributed by atoms with Gasteiger partial charge in [-0.25, -0.2) is 9.37 Å². The Morgan fingerprint density at radius 1 is 1.00 bits per heavy atom. The van der Waals surface area contributed by atoms with Crippen molar-refractivity contribution in [3.63, 3.8) is 0 Å². The second-order valence-corrected chi connectivity index (χ2v) is 11.9. The van der Waals surface area contributed by atoms with Gasteiger partial charge in [0.1, 0.15) is 12.4 Å². The first kappa shape index (κ1) is 25.5. The van der Waals surface area contributed by atoms with Crippen LogP contribution in [0.5, 0.6) is 0 Å². The summed E-state index contributed by atoms with van der Waals surface area (Å²) in [5, 5.41) is 0. The molecular weight excluding hydrogens is 467 g/mol. The standard InChI is InChI=1S/C31H39FN2OS/c1-2-23-17-18-34(20-26(23)22-36-29-15-13-27(32)14-16-29)21-28-19-33-31(35-28)30(24-9-5-3-6-10-24)25-11-7-4-8-12-25/h3,5-6,9-10,13-16,19,23,25-26,30H,2,4,7-8,11-12,17-18,20-22H2,1H3/p+1. The lowest BCUT2D eigenvalue weighted by Gasteiger charge is -2.35. The fourth-order valence-corrected chi connectivity index (χ4v) is 7.56. The Kier molecular flexibility index (Phi) is 8.81. The van der Waals surface area contributed by atoms with Crippen molar-refractivity contribution in [1.29, 1.82) is 0 Å². The van der Waals surface area contributed by atoms with E-state index in [9.17, 15) is 4.39 Å². The largest absolute Gasteiger partial charge is 0.439 e. The van der Waals surface area contributed by atoms with E-state index in [0.717, 1.165) is 41.3 Å². The Balaban J connectivity index is 1.24. The van der Waals surface area contributed by atoms with Crippen molar-refractivity contribution in [2.24, 2.45) is 17.8 Å². The van der Waals surface area contributed by atoms with E-state index in [1.165, 1.54) is 57.1 Å². The fourth-order valence-electron chi connectivity index (χ4n) is 6.43. The molecule has 1 saturated carbocycles. The molecule has 4 atom stereocenters. The number of benzene rings is 2. The average molecular weight is 508 g/mol. The average Bonchev–Trinajstić information content (AvgIpc) is 3.37. The summed E-state index contributed by atoms with van der Waals surface area (Å²) in [5.41, 5.74) is 1.34. The van der Waals surface area contributed by atoms with Crippen LogP contribution in [-0.2, 0) is 6.54 Å². The van der Waals surface area contributed by atoms with Crippen LogP contribution in [0.2, 0.25) is 0 Å². The number of hydrogen-bond acceptors (Lipinski definition) is 3. The van der Waals surface area contributed by atoms with Crippen LogP contribution in [-0.4, -0.2) is 23.8 Å². The number of aromatic nitrogens is 1. The lowest BCUT2D eigenvalue weighted by molar-refractivity contribution is -0.924. The third-order valence-electron chi connectivity index (χ3n) is 8.43. The molecule has 1 aliphatic carbocycles. The summed E-state index contributed by atoms with van der Waals surface area (Å²) in [6, 6.07) is 17.8. The number of piperidine rings is 1. The molecule has 5 heteroatoms. The maximum atomic E-state index is 13.3. The van der Waals surface area contributed by atoms with Gasteiger partial charge in [-0.1, -0.05) is 62.9 Å². The minimum Gasteiger partial charge on any atom is -0.439 e. The van der Waals surface area contributed by atoms with Gasteiger partial charge in [-0.15, -0.1) is 11.8 Å². The normalized spacial score (nSPS) is 24.0. The highest BCUT2D eigenvalue weighted by Gasteiger charge is 2.33. The molecule has 3 aromatic rings. The van der Waals surface area contributed by atoms with Gasteiger partial charge in [0, 0.05) is 16.6 Å². The molecule has 0 amide bonds. The molecule has 5 rings (SSSR count). The zero-order valence-corrected chi connectivity index (χ0v) is 22.3. The van der Waals surface area contributed by atoms with E-state index in [0.29, 0.717) is 11.8 Å². The van der Waals surface area contributed by atoms with Crippen LogP contribution in [0.1, 0.15) is 75.0 Å². The SMILES string of the molecule is CCC1CC[NH+](Cc2cnc(C(c3ccccc3)C3CCCCC3)o2)CC1CSc1ccc(F)cc1. The highest BCUT2D eigenvalue weighted by Crippen LogP contribution is 2.40. The van der Waals surface area contributed by atoms with Gasteiger partial charge >= 0.3 is 0 Å². The predicted molar refractivity (Wildman–Crippen MR) is 145 cm³/mol. The number of rotatable bonds is 9. The number of halogens is 1. The van der Waals surface area contributed by atoms with Crippen LogP contribution >= 0.6 is 11.8 Å². The molecule has 4 unspecified atom stereocenters. The van der Waals surface area contributed by atoms with E-state index in [1.54, 1.807) is 17.0 Å². The first-order valence-electron chi connectivity index (χ1n) is 13.9. The maximum absolute atomic E-state index is 13.3. The van der Waals surface area contributed by atoms with Crippen molar-refractivity contribution >= 4 is 11.8 Å². The van der Waals surface area contributed by atoms with E-state index < -0.39 is 0 Å². The molecule has 3 nitrogen and oxygen atoms in total. The number of nitrogens with one attached hydrogen (secondary N) is 1. The first-order valence-corrected chi connectivity index (χ1v) is 14.9. The highest BCUT2D eigenvalue weighted by atomic mass is 32.2. The van der Waals surface area contributed by atoms with Gasteiger partial charge in [-0.2, -0.15) is 0 Å². The number of quaternary nitrogens is 1. The van der Waals surface area contributed by atoms with Crippen LogP contribution in [0, 0.1) is 23.6 Å². The van der Waals surface area contributed by atoms with Gasteiger partial charge in [0.15, 0.2) is 5.76 Å². The Morgan fingerprint density at radius 2 is 1.78 bits per heavy atom. The number of nitrogens with zero attached hydrogens (tertiary/aromatic N) is 1. The van der Waals surface area contributed by atoms with E-state index >= 15 is 0 Å². The molecular formula is C31H40FN2OS+. The van der Waals surface area contributed by atoms with Crippen LogP contribution in [0.4, 0.5) is 4.39 Å². The molecule has 2 heterocycles. The van der Waals surface area contributed by atoms with Crippen molar-refractivity contribution in [1.82, 2.24) is 4.98 Å². The molecule has 1 aromatic heterocycles. The predicted octanol–water partition coefficient (Wildman–Crippen LogP) is 6.75. The topological polar surface area (TPSA) is 30.5 Å². The smallest absolute Gasteiger partial charge is 0.202 e. The van der Waals surface area contributed by atoms with E-state index in [2.05, 4.69) is 37.3 Å². The van der Waals surface area contributed by atoms with Crippen LogP contribution in [0.25, 0.3) is 0 Å². The van der Waals surface area contributed by atoms with Crippen molar-refractivity contribution < 1.29 is 13.7 Å². The Hall–Kier alpha value is -2.11. The third-order valence-corrected chi connectivity index (χ3v) is 9.63. The van der Waals surface area contributed by atoms with Crippen molar-refractivity contribution in [3.05, 3.63) is 83.8 Å². The van der Waals surface area contributed by atoms with E-state index in [4.69, 9.17) is 9.40 Å². The molecule has 192 valence electrons. The van der Waals surface area contributed by atoms with Crippen molar-refractivity contribution in [2.75, 3.05) is 18.8 Å². The second-order valence-electron chi connectivity index (χ2n) is 10.8. The second kappa shape index (κ2) is 12.4. The molecule has 2 aliphatic rings. The molecule has 2 fully saturated rings. The summed E-state index contributed by atoms with van der Waals surface area (Å²) in [5.74, 6) is 5.17. The van der Waals surface area contributed by atoms with Crippen LogP contribution in [0.15, 0.2) is 70.1 Å². The molecule has 0 spiro atoms. The van der Waals surface area contributed by atoms with E-state index in [1.807, 2.05) is 30.1 Å². The summed E-state index contributed by atoms with van der Waals surface area (Å²) in [6.45, 7) is 5.58. The van der Waals surface area contributed by atoms with Gasteiger partial charge in [0.05, 0.1) is 25.2 Å². The lowest BCUT2D eigenvalue weighted by atomic mass is 9.77. The van der Waals surface area contributed by atoms with Crippen LogP contribution < -0.4 is 4.90 Å². The molecule has 0 radical (unpaired) electrons. The molecule has 1 saturated heterocycles. The van der Waals surface area contributed by atoms with Gasteiger partial charge in [-0.05, 0) is 60.9 Å². The minimum absolute atomic E-state index is 0.163. The number of hydrogen-bond donors (Lipinski definition) is 1. The zero-order chi connectivity index (χ0) is 24.7. The molecule has 36 heavy (non-hydrogen) atoms. The summed E-state index contributed by atoms with van der Waals surface area (Å²) >= 11 is 1.87. The Bertz CT molecular complexity index is 1060. The number of thioether (sulfide) groups is 1. The van der Waals surface area contributed by atoms with Gasteiger partial charge in [0.25, 0.3) is 0 Å². The minimum atomic E-state index is -0.163. The lowest BCUT2D eigenvalue weighted by Crippen LogP contribution is -3.12. The summed E-state index contributed by atoms with van der Waals surface area (Å²) in [7, 11) is 0. The number of oxazole rings is 1. The van der Waals surface area contributed by atoms with Gasteiger partial charge in [0.2, 0.25) is 5.89 Å². The molecule has 1 N–H and O–H groups in total. The fraction of sp³-hybridized carbons (Fsp3) is 0.516. The monoisotopic (exact) mass is 507 g/mol. The summed E-state index contributed by atoms with van der Waals surface area (Å²) in [6.07, 6.45) is 11.0. The summed E-state index contributed by atoms with van der Waals surface area (Å²) in [4.78, 5) is 7.61. The zero-order valence-electron chi connectivity index (χ0n) is 21.5. The summed E-state index contributed by atoms with van der Waals surface area (Å²) < 4.78 is 19.8. The van der Waals surface area contributed by atoms with Gasteiger partial charge in [-0.3, -0.25) is 0 Å². The van der Waals surface area contributed by atoms with Crippen molar-refractivity contribution in [2.45, 2.75) is 69.2 Å². The highest BCUT2D eigenvalue weighted by molar-refractivity contribution is 7.99. The Labute approximate surface area is 219 Å². The number of likely N-dealkylation sites (tertiary alicyclic amines) is 1. The first-order chi connectivity index (χ1) is 17.7. The van der Waals surface area contributed by atoms with Crippen LogP contribution in [0.3, 0.4) is 0 Å². The Morgan fingerprint density at radius 3 is 2.53 bits per heavy atom. The quantitative estimate of drug-likeness (QED) is 0.325. The molecule has 0 bridgehead atoms. The maximum Gasteiger partial charge on any atom is 0.202 e. The third kappa shape index (κ3) is 6.41. The molecule has 1 aliphatic heterocycles. The van der Waals surface area contributed by atoms with Crippen molar-refractivity contribution in [3.8, 4) is 0 Å². The molecule has 2 aromatic carbocycles. The van der Waals surface area contributed by atoms with Gasteiger partial charge < -0.3 is 9.32 Å².